The number of hydrogen-bond donors (Lipinski definition) is 1. The van der Waals surface area contributed by atoms with E-state index in [1.807, 2.05) is 31.2 Å². The van der Waals surface area contributed by atoms with E-state index in [2.05, 4.69) is 6.92 Å². The van der Waals surface area contributed by atoms with Gasteiger partial charge in [-0.1, -0.05) is 31.2 Å². The Labute approximate surface area is 199 Å². The van der Waals surface area contributed by atoms with Gasteiger partial charge in [-0.15, -0.1) is 0 Å². The number of amides is 1. The van der Waals surface area contributed by atoms with Gasteiger partial charge in [0.05, 0.1) is 25.8 Å². The summed E-state index contributed by atoms with van der Waals surface area (Å²) >= 11 is 0. The molecule has 4 rings (SSSR count). The average molecular weight is 458 g/mol. The highest BCUT2D eigenvalue weighted by molar-refractivity contribution is 6.51. The van der Waals surface area contributed by atoms with Crippen LogP contribution in [0.3, 0.4) is 0 Å². The van der Waals surface area contributed by atoms with Gasteiger partial charge in [-0.3, -0.25) is 14.5 Å². The van der Waals surface area contributed by atoms with Gasteiger partial charge >= 0.3 is 0 Å². The molecule has 3 aromatic carbocycles. The highest BCUT2D eigenvalue weighted by atomic mass is 16.5. The van der Waals surface area contributed by atoms with Crippen LogP contribution in [0, 0.1) is 6.92 Å². The Morgan fingerprint density at radius 1 is 0.941 bits per heavy atom. The second kappa shape index (κ2) is 9.43. The Morgan fingerprint density at radius 2 is 1.62 bits per heavy atom. The molecule has 1 aliphatic rings. The number of ether oxygens (including phenoxy) is 2. The van der Waals surface area contributed by atoms with E-state index in [1.54, 1.807) is 56.7 Å². The van der Waals surface area contributed by atoms with Crippen LogP contribution in [0.15, 0.2) is 72.3 Å². The number of aryl methyl sites for hydroxylation is 2. The number of Topliss-reactive ketones (excluding diaryl/α,β-unsaturated/α-hetero) is 1. The zero-order valence-electron chi connectivity index (χ0n) is 19.7. The lowest BCUT2D eigenvalue weighted by molar-refractivity contribution is -0.132. The van der Waals surface area contributed by atoms with Crippen LogP contribution in [-0.4, -0.2) is 31.0 Å². The maximum absolute atomic E-state index is 13.3. The Kier molecular flexibility index (Phi) is 6.41. The summed E-state index contributed by atoms with van der Waals surface area (Å²) in [6.07, 6.45) is 0.859. The number of carbonyl (C=O) groups is 2. The Morgan fingerprint density at radius 3 is 2.18 bits per heavy atom. The van der Waals surface area contributed by atoms with Crippen LogP contribution < -0.4 is 14.4 Å². The van der Waals surface area contributed by atoms with Crippen LogP contribution in [0.2, 0.25) is 0 Å². The van der Waals surface area contributed by atoms with Crippen LogP contribution in [0.5, 0.6) is 11.5 Å². The van der Waals surface area contributed by atoms with Crippen molar-refractivity contribution in [3.8, 4) is 11.5 Å². The van der Waals surface area contributed by atoms with Gasteiger partial charge in [0.25, 0.3) is 11.7 Å². The third kappa shape index (κ3) is 4.03. The summed E-state index contributed by atoms with van der Waals surface area (Å²) in [5.41, 5.74) is 3.68. The quantitative estimate of drug-likeness (QED) is 0.313. The molecule has 6 heteroatoms. The molecule has 1 aliphatic heterocycles. The molecule has 1 amide bonds. The number of ketones is 1. The highest BCUT2D eigenvalue weighted by Gasteiger charge is 2.47. The van der Waals surface area contributed by atoms with E-state index in [4.69, 9.17) is 9.47 Å². The van der Waals surface area contributed by atoms with Crippen molar-refractivity contribution < 1.29 is 24.2 Å². The van der Waals surface area contributed by atoms with Crippen LogP contribution in [-0.2, 0) is 16.0 Å². The molecule has 0 aromatic heterocycles. The summed E-state index contributed by atoms with van der Waals surface area (Å²) in [6.45, 7) is 3.90. The summed E-state index contributed by atoms with van der Waals surface area (Å²) < 4.78 is 10.6. The minimum Gasteiger partial charge on any atom is -0.507 e. The second-order valence-electron chi connectivity index (χ2n) is 8.15. The summed E-state index contributed by atoms with van der Waals surface area (Å²) in [5, 5.41) is 11.3. The predicted molar refractivity (Wildman–Crippen MR) is 131 cm³/mol. The number of hydrogen-bond acceptors (Lipinski definition) is 5. The van der Waals surface area contributed by atoms with Gasteiger partial charge in [0.2, 0.25) is 0 Å². The fourth-order valence-corrected chi connectivity index (χ4v) is 4.27. The SMILES string of the molecule is CCc1ccc(N2C(=O)C(=O)/C(=C(\O)c3ccc(OC)c(C)c3)C2c2ccc(OC)cc2)cc1. The van der Waals surface area contributed by atoms with E-state index < -0.39 is 17.7 Å². The van der Waals surface area contributed by atoms with Crippen molar-refractivity contribution in [3.63, 3.8) is 0 Å². The van der Waals surface area contributed by atoms with Gasteiger partial charge in [0.15, 0.2) is 0 Å². The standard InChI is InChI=1S/C28H27NO5/c1-5-18-6-11-21(12-7-18)29-25(19-8-13-22(33-3)14-9-19)24(27(31)28(29)32)26(30)20-10-15-23(34-4)17(2)16-20/h6-16,25,30H,5H2,1-4H3/b26-24-. The van der Waals surface area contributed by atoms with Crippen molar-refractivity contribution in [2.75, 3.05) is 19.1 Å². The molecule has 1 saturated heterocycles. The first kappa shape index (κ1) is 23.1. The lowest BCUT2D eigenvalue weighted by atomic mass is 9.94. The molecule has 1 fully saturated rings. The predicted octanol–water partition coefficient (Wildman–Crippen LogP) is 5.20. The van der Waals surface area contributed by atoms with E-state index in [9.17, 15) is 14.7 Å². The number of anilines is 1. The van der Waals surface area contributed by atoms with Gasteiger partial charge < -0.3 is 14.6 Å². The Hall–Kier alpha value is -4.06. The van der Waals surface area contributed by atoms with E-state index in [1.165, 1.54) is 4.90 Å². The molecule has 1 heterocycles. The van der Waals surface area contributed by atoms with Gasteiger partial charge in [-0.25, -0.2) is 0 Å². The third-order valence-corrected chi connectivity index (χ3v) is 6.17. The topological polar surface area (TPSA) is 76.1 Å². The number of aliphatic hydroxyl groups excluding tert-OH is 1. The van der Waals surface area contributed by atoms with Crippen molar-refractivity contribution in [2.24, 2.45) is 0 Å². The van der Waals surface area contributed by atoms with E-state index in [0.717, 1.165) is 17.5 Å². The Balaban J connectivity index is 1.91. The third-order valence-electron chi connectivity index (χ3n) is 6.17. The maximum atomic E-state index is 13.3. The number of rotatable bonds is 6. The number of methoxy groups -OCH3 is 2. The fraction of sp³-hybridized carbons (Fsp3) is 0.214. The van der Waals surface area contributed by atoms with Crippen LogP contribution >= 0.6 is 0 Å². The smallest absolute Gasteiger partial charge is 0.300 e. The van der Waals surface area contributed by atoms with Crippen LogP contribution in [0.25, 0.3) is 5.76 Å². The Bertz CT molecular complexity index is 1260. The minimum absolute atomic E-state index is 0.0410. The average Bonchev–Trinajstić information content (AvgIpc) is 3.13. The van der Waals surface area contributed by atoms with Gasteiger partial charge in [0, 0.05) is 11.3 Å². The van der Waals surface area contributed by atoms with Gasteiger partial charge in [-0.05, 0) is 72.5 Å². The molecule has 0 saturated carbocycles. The molecule has 1 unspecified atom stereocenters. The molecule has 1 atom stereocenters. The molecule has 0 radical (unpaired) electrons. The lowest BCUT2D eigenvalue weighted by Gasteiger charge is -2.26. The van der Waals surface area contributed by atoms with E-state index in [0.29, 0.717) is 28.3 Å². The first-order chi connectivity index (χ1) is 16.4. The first-order valence-corrected chi connectivity index (χ1v) is 11.1. The summed E-state index contributed by atoms with van der Waals surface area (Å²) in [6, 6.07) is 19.0. The van der Waals surface area contributed by atoms with Gasteiger partial charge in [-0.2, -0.15) is 0 Å². The summed E-state index contributed by atoms with van der Waals surface area (Å²) in [5.74, 6) is -0.320. The van der Waals surface area contributed by atoms with Crippen LogP contribution in [0.1, 0.15) is 35.2 Å². The number of benzene rings is 3. The normalized spacial score (nSPS) is 17.2. The molecule has 6 nitrogen and oxygen atoms in total. The van der Waals surface area contributed by atoms with Crippen molar-refractivity contribution in [1.29, 1.82) is 0 Å². The van der Waals surface area contributed by atoms with Crippen LogP contribution in [0.4, 0.5) is 5.69 Å². The largest absolute Gasteiger partial charge is 0.507 e. The maximum Gasteiger partial charge on any atom is 0.300 e. The highest BCUT2D eigenvalue weighted by Crippen LogP contribution is 2.42. The van der Waals surface area contributed by atoms with E-state index >= 15 is 0 Å². The number of aliphatic hydroxyl groups is 1. The molecule has 3 aromatic rings. The second-order valence-corrected chi connectivity index (χ2v) is 8.15. The summed E-state index contributed by atoms with van der Waals surface area (Å²) in [4.78, 5) is 28.0. The van der Waals surface area contributed by atoms with Gasteiger partial charge in [0.1, 0.15) is 17.3 Å². The van der Waals surface area contributed by atoms with Crippen molar-refractivity contribution in [1.82, 2.24) is 0 Å². The van der Waals surface area contributed by atoms with Crippen molar-refractivity contribution >= 4 is 23.1 Å². The first-order valence-electron chi connectivity index (χ1n) is 11.1. The molecule has 0 aliphatic carbocycles. The monoisotopic (exact) mass is 457 g/mol. The molecule has 0 spiro atoms. The molecule has 34 heavy (non-hydrogen) atoms. The molecular formula is C28H27NO5. The summed E-state index contributed by atoms with van der Waals surface area (Å²) in [7, 11) is 3.14. The number of nitrogens with zero attached hydrogens (tertiary/aromatic N) is 1. The van der Waals surface area contributed by atoms with Crippen molar-refractivity contribution in [2.45, 2.75) is 26.3 Å². The fourth-order valence-electron chi connectivity index (χ4n) is 4.27. The molecule has 174 valence electrons. The molecular weight excluding hydrogens is 430 g/mol. The lowest BCUT2D eigenvalue weighted by Crippen LogP contribution is -2.29. The van der Waals surface area contributed by atoms with Crippen molar-refractivity contribution in [3.05, 3.63) is 94.6 Å². The number of carbonyl (C=O) groups excluding carboxylic acids is 2. The molecule has 0 bridgehead atoms. The van der Waals surface area contributed by atoms with E-state index in [-0.39, 0.29) is 11.3 Å². The zero-order chi connectivity index (χ0) is 24.4. The minimum atomic E-state index is -0.791. The molecule has 1 N–H and O–H groups in total. The zero-order valence-corrected chi connectivity index (χ0v) is 19.7.